The van der Waals surface area contributed by atoms with E-state index in [0.717, 1.165) is 4.47 Å². The van der Waals surface area contributed by atoms with Gasteiger partial charge in [0.2, 0.25) is 0 Å². The van der Waals surface area contributed by atoms with Crippen LogP contribution in [0.5, 0.6) is 0 Å². The van der Waals surface area contributed by atoms with E-state index in [1.807, 2.05) is 6.07 Å². The van der Waals surface area contributed by atoms with Crippen molar-refractivity contribution in [2.45, 2.75) is 13.0 Å². The Morgan fingerprint density at radius 3 is 2.71 bits per heavy atom. The summed E-state index contributed by atoms with van der Waals surface area (Å²) in [5, 5.41) is 9.69. The van der Waals surface area contributed by atoms with E-state index in [2.05, 4.69) is 31.9 Å². The van der Waals surface area contributed by atoms with E-state index in [9.17, 15) is 4.79 Å². The average molecular weight is 322 g/mol. The maximum Gasteiger partial charge on any atom is 0.164 e. The first-order valence-electron chi connectivity index (χ1n) is 4.17. The Morgan fingerprint density at radius 1 is 1.43 bits per heavy atom. The van der Waals surface area contributed by atoms with Crippen molar-refractivity contribution in [2.75, 3.05) is 5.33 Å². The van der Waals surface area contributed by atoms with Crippen LogP contribution in [-0.4, -0.2) is 16.2 Å². The van der Waals surface area contributed by atoms with Crippen molar-refractivity contribution in [1.29, 1.82) is 0 Å². The highest BCUT2D eigenvalue weighted by Gasteiger charge is 2.10. The molecule has 0 unspecified atom stereocenters. The molecule has 0 heterocycles. The summed E-state index contributed by atoms with van der Waals surface area (Å²) in [4.78, 5) is 11.6. The van der Waals surface area contributed by atoms with Crippen molar-refractivity contribution < 1.29 is 9.90 Å². The van der Waals surface area contributed by atoms with Gasteiger partial charge in [0.1, 0.15) is 0 Å². The molecule has 0 fully saturated rings. The molecule has 0 bridgehead atoms. The fraction of sp³-hybridized carbons (Fsp3) is 0.300. The van der Waals surface area contributed by atoms with Crippen LogP contribution in [0.3, 0.4) is 0 Å². The van der Waals surface area contributed by atoms with Crippen LogP contribution in [0.15, 0.2) is 22.7 Å². The summed E-state index contributed by atoms with van der Waals surface area (Å²) >= 11 is 6.52. The first-order chi connectivity index (χ1) is 6.69. The molecule has 1 N–H and O–H groups in total. The van der Waals surface area contributed by atoms with Gasteiger partial charge in [-0.3, -0.25) is 4.79 Å². The second-order valence-electron chi connectivity index (χ2n) is 2.82. The Bertz CT molecular complexity index is 337. The van der Waals surface area contributed by atoms with Gasteiger partial charge in [-0.05, 0) is 17.7 Å². The third-order valence-electron chi connectivity index (χ3n) is 1.86. The number of carbonyl (C=O) groups is 1. The van der Waals surface area contributed by atoms with Crippen molar-refractivity contribution in [3.63, 3.8) is 0 Å². The number of aliphatic hydroxyl groups is 1. The number of hydrogen-bond acceptors (Lipinski definition) is 2. The van der Waals surface area contributed by atoms with Gasteiger partial charge in [0.25, 0.3) is 0 Å². The minimum atomic E-state index is -0.101. The zero-order valence-electron chi connectivity index (χ0n) is 7.46. The Balaban J connectivity index is 3.03. The smallest absolute Gasteiger partial charge is 0.164 e. The molecule has 1 rings (SSSR count). The predicted molar refractivity (Wildman–Crippen MR) is 62.8 cm³/mol. The van der Waals surface area contributed by atoms with Crippen molar-refractivity contribution in [3.05, 3.63) is 33.8 Å². The lowest BCUT2D eigenvalue weighted by Crippen LogP contribution is -2.04. The molecule has 1 aromatic rings. The number of halogens is 2. The van der Waals surface area contributed by atoms with E-state index in [4.69, 9.17) is 5.11 Å². The SMILES string of the molecule is O=C(CCBr)c1cc(Br)ccc1CO. The molecular formula is C10H10Br2O2. The van der Waals surface area contributed by atoms with Crippen LogP contribution in [0.25, 0.3) is 0 Å². The molecule has 0 radical (unpaired) electrons. The number of rotatable bonds is 4. The Kier molecular flexibility index (Phi) is 4.78. The monoisotopic (exact) mass is 320 g/mol. The molecular weight excluding hydrogens is 312 g/mol. The predicted octanol–water partition coefficient (Wildman–Crippen LogP) is 2.91. The molecule has 0 amide bonds. The fourth-order valence-electron chi connectivity index (χ4n) is 1.17. The lowest BCUT2D eigenvalue weighted by Gasteiger charge is -2.05. The molecule has 4 heteroatoms. The van der Waals surface area contributed by atoms with Gasteiger partial charge in [-0.15, -0.1) is 0 Å². The van der Waals surface area contributed by atoms with Gasteiger partial charge in [-0.1, -0.05) is 37.9 Å². The molecule has 2 nitrogen and oxygen atoms in total. The van der Waals surface area contributed by atoms with Crippen molar-refractivity contribution in [1.82, 2.24) is 0 Å². The number of ketones is 1. The Labute approximate surface area is 99.6 Å². The third kappa shape index (κ3) is 2.90. The minimum Gasteiger partial charge on any atom is -0.392 e. The van der Waals surface area contributed by atoms with Crippen LogP contribution < -0.4 is 0 Å². The van der Waals surface area contributed by atoms with Crippen LogP contribution in [0.1, 0.15) is 22.3 Å². The average Bonchev–Trinajstić information content (AvgIpc) is 2.18. The van der Waals surface area contributed by atoms with Gasteiger partial charge in [0.15, 0.2) is 5.78 Å². The number of benzene rings is 1. The van der Waals surface area contributed by atoms with E-state index < -0.39 is 0 Å². The molecule has 0 atom stereocenters. The second kappa shape index (κ2) is 5.63. The highest BCUT2D eigenvalue weighted by Crippen LogP contribution is 2.18. The number of Topliss-reactive ketones (excluding diaryl/α,β-unsaturated/α-hetero) is 1. The summed E-state index contributed by atoms with van der Waals surface area (Å²) in [7, 11) is 0. The quantitative estimate of drug-likeness (QED) is 0.684. The zero-order chi connectivity index (χ0) is 10.6. The van der Waals surface area contributed by atoms with E-state index >= 15 is 0 Å². The molecule has 0 aromatic heterocycles. The summed E-state index contributed by atoms with van der Waals surface area (Å²) < 4.78 is 0.854. The number of hydrogen-bond donors (Lipinski definition) is 1. The van der Waals surface area contributed by atoms with Gasteiger partial charge in [-0.2, -0.15) is 0 Å². The van der Waals surface area contributed by atoms with Crippen LogP contribution in [0.2, 0.25) is 0 Å². The molecule has 0 spiro atoms. The summed E-state index contributed by atoms with van der Waals surface area (Å²) in [6, 6.07) is 5.32. The van der Waals surface area contributed by atoms with Crippen LogP contribution in [0.4, 0.5) is 0 Å². The van der Waals surface area contributed by atoms with E-state index in [0.29, 0.717) is 22.9 Å². The molecule has 0 aliphatic heterocycles. The van der Waals surface area contributed by atoms with Crippen LogP contribution in [0, 0.1) is 0 Å². The summed E-state index contributed by atoms with van der Waals surface area (Å²) in [5.74, 6) is 0.0484. The lowest BCUT2D eigenvalue weighted by atomic mass is 10.0. The fourth-order valence-corrected chi connectivity index (χ4v) is 1.89. The first-order valence-corrected chi connectivity index (χ1v) is 6.09. The summed E-state index contributed by atoms with van der Waals surface area (Å²) in [6.07, 6.45) is 0.448. The third-order valence-corrected chi connectivity index (χ3v) is 2.75. The zero-order valence-corrected chi connectivity index (χ0v) is 10.6. The molecule has 0 saturated carbocycles. The maximum absolute atomic E-state index is 11.6. The van der Waals surface area contributed by atoms with E-state index in [1.54, 1.807) is 12.1 Å². The number of alkyl halides is 1. The van der Waals surface area contributed by atoms with Gasteiger partial charge < -0.3 is 5.11 Å². The normalized spacial score (nSPS) is 10.2. The van der Waals surface area contributed by atoms with E-state index in [-0.39, 0.29) is 12.4 Å². The van der Waals surface area contributed by atoms with Gasteiger partial charge in [0.05, 0.1) is 6.61 Å². The molecule has 0 saturated heterocycles. The standard InChI is InChI=1S/C10H10Br2O2/c11-4-3-10(14)9-5-8(12)2-1-7(9)6-13/h1-2,5,13H,3-4,6H2. The molecule has 14 heavy (non-hydrogen) atoms. The van der Waals surface area contributed by atoms with E-state index in [1.165, 1.54) is 0 Å². The number of aliphatic hydroxyl groups excluding tert-OH is 1. The van der Waals surface area contributed by atoms with Gasteiger partial charge in [0, 0.05) is 21.8 Å². The maximum atomic E-state index is 11.6. The van der Waals surface area contributed by atoms with Crippen molar-refractivity contribution >= 4 is 37.6 Å². The van der Waals surface area contributed by atoms with Gasteiger partial charge in [-0.25, -0.2) is 0 Å². The highest BCUT2D eigenvalue weighted by molar-refractivity contribution is 9.10. The van der Waals surface area contributed by atoms with Gasteiger partial charge >= 0.3 is 0 Å². The first kappa shape index (κ1) is 11.9. The molecule has 0 aliphatic carbocycles. The topological polar surface area (TPSA) is 37.3 Å². The Hall–Kier alpha value is -0.190. The minimum absolute atomic E-state index is 0.0484. The summed E-state index contributed by atoms with van der Waals surface area (Å²) in [6.45, 7) is -0.101. The summed E-state index contributed by atoms with van der Waals surface area (Å²) in [5.41, 5.74) is 1.28. The number of carbonyl (C=O) groups excluding carboxylic acids is 1. The second-order valence-corrected chi connectivity index (χ2v) is 4.53. The molecule has 1 aromatic carbocycles. The molecule has 76 valence electrons. The molecule has 0 aliphatic rings. The van der Waals surface area contributed by atoms with Crippen LogP contribution in [-0.2, 0) is 6.61 Å². The Morgan fingerprint density at radius 2 is 2.14 bits per heavy atom. The van der Waals surface area contributed by atoms with Crippen molar-refractivity contribution in [3.8, 4) is 0 Å². The lowest BCUT2D eigenvalue weighted by molar-refractivity contribution is 0.0987. The largest absolute Gasteiger partial charge is 0.392 e. The van der Waals surface area contributed by atoms with Crippen LogP contribution >= 0.6 is 31.9 Å². The van der Waals surface area contributed by atoms with Crippen molar-refractivity contribution in [2.24, 2.45) is 0 Å². The highest BCUT2D eigenvalue weighted by atomic mass is 79.9.